The number of ether oxygens (including phenoxy) is 3. The van der Waals surface area contributed by atoms with Gasteiger partial charge in [-0.05, 0) is 29.6 Å². The number of methoxy groups -OCH3 is 3. The Kier molecular flexibility index (Phi) is 5.65. The first-order chi connectivity index (χ1) is 15.5. The van der Waals surface area contributed by atoms with Crippen LogP contribution in [-0.2, 0) is 0 Å². The van der Waals surface area contributed by atoms with Gasteiger partial charge in [0.1, 0.15) is 11.4 Å². The summed E-state index contributed by atoms with van der Waals surface area (Å²) in [6.45, 7) is 0. The average molecular weight is 454 g/mol. The van der Waals surface area contributed by atoms with E-state index in [9.17, 15) is 14.9 Å². The average Bonchev–Trinajstić information content (AvgIpc) is 3.46. The summed E-state index contributed by atoms with van der Waals surface area (Å²) in [7, 11) is 3.94. The van der Waals surface area contributed by atoms with Crippen LogP contribution in [-0.4, -0.2) is 42.1 Å². The lowest BCUT2D eigenvalue weighted by Crippen LogP contribution is -2.15. The molecule has 0 fully saturated rings. The minimum atomic E-state index is -0.701. The maximum atomic E-state index is 13.0. The Balaban J connectivity index is 1.72. The maximum Gasteiger partial charge on any atom is 0.327 e. The van der Waals surface area contributed by atoms with Crippen molar-refractivity contribution >= 4 is 39.7 Å². The van der Waals surface area contributed by atoms with E-state index in [0.717, 1.165) is 16.2 Å². The quantitative estimate of drug-likeness (QED) is 0.311. The Morgan fingerprint density at radius 1 is 1.12 bits per heavy atom. The van der Waals surface area contributed by atoms with Crippen LogP contribution in [0.4, 0.5) is 11.4 Å². The Morgan fingerprint density at radius 2 is 1.91 bits per heavy atom. The maximum absolute atomic E-state index is 13.0. The van der Waals surface area contributed by atoms with Gasteiger partial charge in [0.25, 0.3) is 5.91 Å². The fourth-order valence-corrected chi connectivity index (χ4v) is 3.98. The molecule has 0 saturated heterocycles. The number of rotatable bonds is 7. The van der Waals surface area contributed by atoms with E-state index in [2.05, 4.69) is 15.3 Å². The van der Waals surface area contributed by atoms with Gasteiger partial charge in [-0.3, -0.25) is 14.9 Å². The van der Waals surface area contributed by atoms with Crippen molar-refractivity contribution in [2.24, 2.45) is 0 Å². The van der Waals surface area contributed by atoms with Gasteiger partial charge in [0.2, 0.25) is 11.5 Å². The zero-order chi connectivity index (χ0) is 22.8. The van der Waals surface area contributed by atoms with Crippen LogP contribution in [0.5, 0.6) is 17.2 Å². The van der Waals surface area contributed by atoms with Gasteiger partial charge in [0.05, 0.1) is 42.2 Å². The number of H-pyrrole nitrogens is 1. The van der Waals surface area contributed by atoms with Crippen LogP contribution >= 0.6 is 11.3 Å². The van der Waals surface area contributed by atoms with E-state index in [-0.39, 0.29) is 22.8 Å². The van der Waals surface area contributed by atoms with E-state index in [0.29, 0.717) is 11.2 Å². The highest BCUT2D eigenvalue weighted by atomic mass is 32.1. The molecule has 2 N–H and O–H groups in total. The van der Waals surface area contributed by atoms with Gasteiger partial charge in [-0.2, -0.15) is 0 Å². The van der Waals surface area contributed by atoms with Crippen LogP contribution in [0.25, 0.3) is 21.7 Å². The van der Waals surface area contributed by atoms with Gasteiger partial charge < -0.3 is 24.5 Å². The lowest BCUT2D eigenvalue weighted by Gasteiger charge is -2.15. The second kappa shape index (κ2) is 8.55. The molecule has 0 radical (unpaired) electrons. The number of imidazole rings is 1. The monoisotopic (exact) mass is 454 g/mol. The summed E-state index contributed by atoms with van der Waals surface area (Å²) in [5.74, 6) is -0.0263. The van der Waals surface area contributed by atoms with Gasteiger partial charge in [-0.15, -0.1) is 11.3 Å². The first-order valence-electron chi connectivity index (χ1n) is 9.29. The summed E-state index contributed by atoms with van der Waals surface area (Å²) in [5, 5.41) is 16.4. The van der Waals surface area contributed by atoms with Crippen LogP contribution in [0.2, 0.25) is 0 Å². The number of benzene rings is 2. The molecule has 0 bridgehead atoms. The van der Waals surface area contributed by atoms with Crippen LogP contribution in [0, 0.1) is 10.1 Å². The second-order valence-corrected chi connectivity index (χ2v) is 7.50. The molecule has 4 aromatic rings. The molecule has 0 atom stereocenters. The number of nitro groups is 1. The molecule has 11 heteroatoms. The molecular weight excluding hydrogens is 436 g/mol. The van der Waals surface area contributed by atoms with Crippen molar-refractivity contribution in [1.29, 1.82) is 0 Å². The lowest BCUT2D eigenvalue weighted by atomic mass is 10.1. The number of hydrogen-bond acceptors (Lipinski definition) is 8. The Bertz CT molecular complexity index is 1320. The Morgan fingerprint density at radius 3 is 2.53 bits per heavy atom. The van der Waals surface area contributed by atoms with Crippen LogP contribution in [0.1, 0.15) is 10.4 Å². The normalized spacial score (nSPS) is 10.7. The lowest BCUT2D eigenvalue weighted by molar-refractivity contribution is -0.386. The first kappa shape index (κ1) is 21.1. The highest BCUT2D eigenvalue weighted by Gasteiger charge is 2.32. The number of hydrogen-bond donors (Lipinski definition) is 2. The van der Waals surface area contributed by atoms with E-state index >= 15 is 0 Å². The van der Waals surface area contributed by atoms with Gasteiger partial charge in [-0.1, -0.05) is 6.07 Å². The molecule has 0 saturated carbocycles. The van der Waals surface area contributed by atoms with Crippen LogP contribution in [0.15, 0.2) is 41.8 Å². The number of thiophene rings is 1. The topological polar surface area (TPSA) is 129 Å². The molecule has 2 aromatic carbocycles. The minimum Gasteiger partial charge on any atom is -0.493 e. The number of nitrogens with zero attached hydrogens (tertiary/aromatic N) is 2. The molecule has 4 rings (SSSR count). The van der Waals surface area contributed by atoms with Crippen LogP contribution in [0.3, 0.4) is 0 Å². The zero-order valence-electron chi connectivity index (χ0n) is 17.3. The highest BCUT2D eigenvalue weighted by Crippen LogP contribution is 2.46. The van der Waals surface area contributed by atoms with E-state index < -0.39 is 16.5 Å². The molecule has 1 amide bonds. The van der Waals surface area contributed by atoms with E-state index in [4.69, 9.17) is 14.2 Å². The second-order valence-electron chi connectivity index (χ2n) is 6.55. The number of nitrogens with one attached hydrogen (secondary N) is 2. The van der Waals surface area contributed by atoms with Crippen molar-refractivity contribution in [1.82, 2.24) is 9.97 Å². The molecule has 2 aromatic heterocycles. The number of aromatic amines is 1. The molecule has 2 heterocycles. The summed E-state index contributed by atoms with van der Waals surface area (Å²) in [6, 6.07) is 10.3. The largest absolute Gasteiger partial charge is 0.493 e. The Labute approximate surface area is 185 Å². The standard InChI is InChI=1S/C21H18N4O6S/c1-29-15-10-12(17(25(27)28)19(31-3)18(15)30-2)21(26)22-11-6-7-13-14(9-11)24-20(23-13)16-5-4-8-32-16/h4-10H,1-3H3,(H,22,26)(H,23,24). The van der Waals surface area contributed by atoms with Gasteiger partial charge in [-0.25, -0.2) is 4.98 Å². The molecule has 0 unspecified atom stereocenters. The van der Waals surface area contributed by atoms with Crippen molar-refractivity contribution in [3.8, 4) is 28.0 Å². The summed E-state index contributed by atoms with van der Waals surface area (Å²) < 4.78 is 15.6. The summed E-state index contributed by atoms with van der Waals surface area (Å²) in [5.41, 5.74) is 1.13. The fraction of sp³-hybridized carbons (Fsp3) is 0.143. The molecule has 0 aliphatic carbocycles. The number of amides is 1. The predicted octanol–water partition coefficient (Wildman–Crippen LogP) is 4.48. The summed E-state index contributed by atoms with van der Waals surface area (Å²) in [6.07, 6.45) is 0. The van der Waals surface area contributed by atoms with Crippen molar-refractivity contribution in [3.63, 3.8) is 0 Å². The van der Waals surface area contributed by atoms with Crippen LogP contribution < -0.4 is 19.5 Å². The molecule has 0 aliphatic rings. The van der Waals surface area contributed by atoms with Gasteiger partial charge >= 0.3 is 5.69 Å². The third-order valence-electron chi connectivity index (χ3n) is 4.73. The third kappa shape index (κ3) is 3.69. The van der Waals surface area contributed by atoms with Crippen molar-refractivity contribution in [2.45, 2.75) is 0 Å². The van der Waals surface area contributed by atoms with Crippen molar-refractivity contribution in [3.05, 3.63) is 57.5 Å². The SMILES string of the molecule is COc1cc(C(=O)Nc2ccc3nc(-c4cccs4)[nH]c3c2)c([N+](=O)[O-])c(OC)c1OC. The molecule has 0 aliphatic heterocycles. The summed E-state index contributed by atoms with van der Waals surface area (Å²) >= 11 is 1.56. The molecule has 32 heavy (non-hydrogen) atoms. The number of nitro benzene ring substituents is 1. The fourth-order valence-electron chi connectivity index (χ4n) is 3.31. The minimum absolute atomic E-state index is 0.0261. The number of carbonyl (C=O) groups excluding carboxylic acids is 1. The molecule has 10 nitrogen and oxygen atoms in total. The molecule has 0 spiro atoms. The van der Waals surface area contributed by atoms with Crippen molar-refractivity contribution < 1.29 is 23.9 Å². The number of anilines is 1. The van der Waals surface area contributed by atoms with Crippen molar-refractivity contribution in [2.75, 3.05) is 26.6 Å². The number of carbonyl (C=O) groups is 1. The Hall–Kier alpha value is -4.12. The first-order valence-corrected chi connectivity index (χ1v) is 10.2. The highest BCUT2D eigenvalue weighted by molar-refractivity contribution is 7.13. The number of fused-ring (bicyclic) bond motifs is 1. The molecule has 164 valence electrons. The van der Waals surface area contributed by atoms with E-state index in [1.54, 1.807) is 29.5 Å². The van der Waals surface area contributed by atoms with Gasteiger partial charge in [0.15, 0.2) is 5.75 Å². The third-order valence-corrected chi connectivity index (χ3v) is 5.60. The van der Waals surface area contributed by atoms with Gasteiger partial charge in [0, 0.05) is 11.8 Å². The van der Waals surface area contributed by atoms with E-state index in [1.165, 1.54) is 27.4 Å². The zero-order valence-corrected chi connectivity index (χ0v) is 18.1. The molecular formula is C21H18N4O6S. The predicted molar refractivity (Wildman–Crippen MR) is 120 cm³/mol. The smallest absolute Gasteiger partial charge is 0.327 e. The number of aromatic nitrogens is 2. The summed E-state index contributed by atoms with van der Waals surface area (Å²) in [4.78, 5) is 32.8. The van der Waals surface area contributed by atoms with E-state index in [1.807, 2.05) is 17.5 Å².